The third kappa shape index (κ3) is 2.80. The van der Waals surface area contributed by atoms with E-state index >= 15 is 0 Å². The fourth-order valence-corrected chi connectivity index (χ4v) is 4.31. The quantitative estimate of drug-likeness (QED) is 0.723. The second kappa shape index (κ2) is 5.67. The van der Waals surface area contributed by atoms with Crippen LogP contribution in [-0.2, 0) is 5.54 Å². The maximum Gasteiger partial charge on any atom is 0.174 e. The molecule has 0 bridgehead atoms. The van der Waals surface area contributed by atoms with E-state index in [0.29, 0.717) is 5.11 Å². The molecule has 1 heterocycles. The number of aromatic hydroxyl groups is 2. The Bertz CT molecular complexity index is 776. The molecule has 2 aromatic carbocycles. The molecule has 1 aliphatic heterocycles. The van der Waals surface area contributed by atoms with E-state index in [-0.39, 0.29) is 17.0 Å². The Morgan fingerprint density at radius 2 is 1.71 bits per heavy atom. The van der Waals surface area contributed by atoms with E-state index in [1.807, 2.05) is 35.2 Å². The number of anilines is 1. The molecule has 1 atom stereocenters. The summed E-state index contributed by atoms with van der Waals surface area (Å²) in [6, 6.07) is 14.6. The van der Waals surface area contributed by atoms with Crippen LogP contribution in [0.4, 0.5) is 5.69 Å². The monoisotopic (exact) mass is 342 g/mol. The molecule has 3 N–H and O–H groups in total. The van der Waals surface area contributed by atoms with Crippen molar-refractivity contribution in [3.8, 4) is 11.5 Å². The number of phenolic OH excluding ortho intramolecular Hbond substituents is 2. The normalized spacial score (nSPS) is 23.0. The highest BCUT2D eigenvalue weighted by Crippen LogP contribution is 2.45. The van der Waals surface area contributed by atoms with E-state index in [9.17, 15) is 10.2 Å². The summed E-state index contributed by atoms with van der Waals surface area (Å²) in [6.07, 6.45) is 0.730. The first-order valence-corrected chi connectivity index (χ1v) is 8.34. The van der Waals surface area contributed by atoms with Crippen LogP contribution >= 0.6 is 12.2 Å². The summed E-state index contributed by atoms with van der Waals surface area (Å²) in [7, 11) is 0. The van der Waals surface area contributed by atoms with Crippen LogP contribution in [0.2, 0.25) is 0 Å². The van der Waals surface area contributed by atoms with Crippen molar-refractivity contribution in [1.29, 1.82) is 0 Å². The van der Waals surface area contributed by atoms with Gasteiger partial charge in [0, 0.05) is 22.9 Å². The molecule has 4 nitrogen and oxygen atoms in total. The minimum atomic E-state index is -0.551. The fraction of sp³-hybridized carbons (Fsp3) is 0.316. The Kier molecular flexibility index (Phi) is 3.92. The molecule has 0 amide bonds. The zero-order chi connectivity index (χ0) is 17.5. The number of benzene rings is 2. The smallest absolute Gasteiger partial charge is 0.174 e. The van der Waals surface area contributed by atoms with Crippen LogP contribution in [0.25, 0.3) is 0 Å². The van der Waals surface area contributed by atoms with Crippen LogP contribution in [0.5, 0.6) is 11.5 Å². The topological polar surface area (TPSA) is 55.7 Å². The second-order valence-electron chi connectivity index (χ2n) is 7.14. The minimum absolute atomic E-state index is 0.0434. The molecular weight excluding hydrogens is 320 g/mol. The summed E-state index contributed by atoms with van der Waals surface area (Å²) in [4.78, 5) is 2.04. The van der Waals surface area contributed by atoms with Crippen molar-refractivity contribution in [2.45, 2.75) is 38.3 Å². The Labute approximate surface area is 147 Å². The Hall–Kier alpha value is -2.27. The number of rotatable bonds is 2. The van der Waals surface area contributed by atoms with E-state index in [1.54, 1.807) is 12.1 Å². The zero-order valence-electron chi connectivity index (χ0n) is 14.1. The van der Waals surface area contributed by atoms with E-state index in [1.165, 1.54) is 6.07 Å². The first-order valence-electron chi connectivity index (χ1n) is 7.93. The maximum absolute atomic E-state index is 10.5. The van der Waals surface area contributed by atoms with Crippen LogP contribution in [-0.4, -0.2) is 20.9 Å². The average molecular weight is 342 g/mol. The molecule has 1 fully saturated rings. The van der Waals surface area contributed by atoms with Gasteiger partial charge in [0.1, 0.15) is 11.5 Å². The Balaban J connectivity index is 2.19. The Morgan fingerprint density at radius 3 is 2.33 bits per heavy atom. The lowest BCUT2D eigenvalue weighted by Gasteiger charge is -2.53. The third-order valence-electron chi connectivity index (χ3n) is 4.50. The van der Waals surface area contributed by atoms with Gasteiger partial charge in [-0.05, 0) is 63.7 Å². The van der Waals surface area contributed by atoms with Gasteiger partial charge in [-0.3, -0.25) is 0 Å². The molecule has 1 aliphatic rings. The van der Waals surface area contributed by atoms with Crippen LogP contribution < -0.4 is 10.2 Å². The Morgan fingerprint density at radius 1 is 1.04 bits per heavy atom. The summed E-state index contributed by atoms with van der Waals surface area (Å²) in [5.74, 6) is 0.112. The lowest BCUT2D eigenvalue weighted by molar-refractivity contribution is 0.275. The summed E-state index contributed by atoms with van der Waals surface area (Å²) < 4.78 is 0. The lowest BCUT2D eigenvalue weighted by atomic mass is 9.76. The van der Waals surface area contributed by atoms with Crippen molar-refractivity contribution in [3.05, 3.63) is 54.1 Å². The average Bonchev–Trinajstić information content (AvgIpc) is 2.45. The van der Waals surface area contributed by atoms with Crippen LogP contribution in [0, 0.1) is 0 Å². The summed E-state index contributed by atoms with van der Waals surface area (Å²) in [5, 5.41) is 24.1. The molecular formula is C19H22N2O2S. The lowest BCUT2D eigenvalue weighted by Crippen LogP contribution is -2.65. The number of para-hydroxylation sites is 1. The standard InChI is InChI=1S/C19H22N2O2S/c1-18(2)12-19(3,15-10-9-14(22)11-16(15)23)21(17(24)20-18)13-7-5-4-6-8-13/h4-11,22-23H,12H2,1-3H3,(H,20,24)/t19-/m0/s1. The van der Waals surface area contributed by atoms with Gasteiger partial charge in [-0.1, -0.05) is 18.2 Å². The molecule has 24 heavy (non-hydrogen) atoms. The van der Waals surface area contributed by atoms with Crippen molar-refractivity contribution in [1.82, 2.24) is 5.32 Å². The molecule has 3 rings (SSSR count). The minimum Gasteiger partial charge on any atom is -0.508 e. The number of hydrogen-bond acceptors (Lipinski definition) is 3. The van der Waals surface area contributed by atoms with Gasteiger partial charge in [0.2, 0.25) is 0 Å². The molecule has 0 unspecified atom stereocenters. The number of nitrogens with one attached hydrogen (secondary N) is 1. The number of hydrogen-bond donors (Lipinski definition) is 3. The molecule has 0 aromatic heterocycles. The van der Waals surface area contributed by atoms with E-state index < -0.39 is 5.54 Å². The van der Waals surface area contributed by atoms with Gasteiger partial charge < -0.3 is 20.4 Å². The third-order valence-corrected chi connectivity index (χ3v) is 4.79. The van der Waals surface area contributed by atoms with Crippen LogP contribution in [0.1, 0.15) is 32.8 Å². The highest BCUT2D eigenvalue weighted by molar-refractivity contribution is 7.80. The first-order chi connectivity index (χ1) is 11.2. The van der Waals surface area contributed by atoms with Crippen molar-refractivity contribution in [2.75, 3.05) is 4.90 Å². The summed E-state index contributed by atoms with van der Waals surface area (Å²) >= 11 is 5.66. The van der Waals surface area contributed by atoms with Crippen molar-refractivity contribution >= 4 is 23.0 Å². The maximum atomic E-state index is 10.5. The van der Waals surface area contributed by atoms with E-state index in [2.05, 4.69) is 26.1 Å². The van der Waals surface area contributed by atoms with Gasteiger partial charge in [0.05, 0.1) is 5.54 Å². The van der Waals surface area contributed by atoms with Crippen LogP contribution in [0.3, 0.4) is 0 Å². The molecule has 0 radical (unpaired) electrons. The largest absolute Gasteiger partial charge is 0.508 e. The molecule has 0 aliphatic carbocycles. The van der Waals surface area contributed by atoms with Gasteiger partial charge >= 0.3 is 0 Å². The van der Waals surface area contributed by atoms with Gasteiger partial charge in [0.15, 0.2) is 5.11 Å². The number of thiocarbonyl (C=S) groups is 1. The van der Waals surface area contributed by atoms with E-state index in [4.69, 9.17) is 12.2 Å². The summed E-state index contributed by atoms with van der Waals surface area (Å²) in [6.45, 7) is 6.26. The fourth-order valence-electron chi connectivity index (χ4n) is 3.72. The van der Waals surface area contributed by atoms with Gasteiger partial charge in [0.25, 0.3) is 0 Å². The van der Waals surface area contributed by atoms with Gasteiger partial charge in [-0.25, -0.2) is 0 Å². The van der Waals surface area contributed by atoms with Crippen molar-refractivity contribution in [2.24, 2.45) is 0 Å². The van der Waals surface area contributed by atoms with Crippen molar-refractivity contribution in [3.63, 3.8) is 0 Å². The van der Waals surface area contributed by atoms with Gasteiger partial charge in [-0.2, -0.15) is 0 Å². The predicted molar refractivity (Wildman–Crippen MR) is 100 cm³/mol. The number of nitrogens with zero attached hydrogens (tertiary/aromatic N) is 1. The highest BCUT2D eigenvalue weighted by Gasteiger charge is 2.47. The molecule has 0 saturated carbocycles. The van der Waals surface area contributed by atoms with Gasteiger partial charge in [-0.15, -0.1) is 0 Å². The van der Waals surface area contributed by atoms with Crippen LogP contribution in [0.15, 0.2) is 48.5 Å². The predicted octanol–water partition coefficient (Wildman–Crippen LogP) is 3.88. The molecule has 126 valence electrons. The molecule has 2 aromatic rings. The first kappa shape index (κ1) is 16.6. The molecule has 0 spiro atoms. The van der Waals surface area contributed by atoms with E-state index in [0.717, 1.165) is 17.7 Å². The SMILES string of the molecule is CC1(C)C[C@@](C)(c2ccc(O)cc2O)N(c2ccccc2)C(=S)N1. The van der Waals surface area contributed by atoms with Crippen molar-refractivity contribution < 1.29 is 10.2 Å². The molecule has 1 saturated heterocycles. The number of phenols is 2. The summed E-state index contributed by atoms with van der Waals surface area (Å²) in [5.41, 5.74) is 0.924. The highest BCUT2D eigenvalue weighted by atomic mass is 32.1. The second-order valence-corrected chi connectivity index (χ2v) is 7.52. The molecule has 5 heteroatoms. The zero-order valence-corrected chi connectivity index (χ0v) is 14.9.